The van der Waals surface area contributed by atoms with Crippen molar-refractivity contribution in [2.75, 3.05) is 0 Å². The molecule has 1 nitrogen and oxygen atoms in total. The van der Waals surface area contributed by atoms with Crippen LogP contribution in [0.3, 0.4) is 0 Å². The Balaban J connectivity index is 0. The standard InChI is InChI=1S/C6H9N.C3H8/c1-4-5-6(2)7-3;1-3-2/h4-5H,1,3H2,2H3;3H2,1-2H3/b6-5-;. The maximum absolute atomic E-state index is 3.62. The van der Waals surface area contributed by atoms with Crippen LogP contribution in [0.15, 0.2) is 29.4 Å². The van der Waals surface area contributed by atoms with Gasteiger partial charge < -0.3 is 0 Å². The Bertz CT molecular complexity index is 112. The second-order valence-corrected chi connectivity index (χ2v) is 1.91. The van der Waals surface area contributed by atoms with E-state index in [-0.39, 0.29) is 0 Å². The van der Waals surface area contributed by atoms with E-state index >= 15 is 0 Å². The predicted octanol–water partition coefficient (Wildman–Crippen LogP) is 3.19. The average Bonchev–Trinajstić information content (AvgIpc) is 1.90. The highest BCUT2D eigenvalue weighted by atomic mass is 14.7. The van der Waals surface area contributed by atoms with Gasteiger partial charge in [0.15, 0.2) is 0 Å². The van der Waals surface area contributed by atoms with Crippen LogP contribution in [0.5, 0.6) is 0 Å². The van der Waals surface area contributed by atoms with Crippen molar-refractivity contribution >= 4 is 6.72 Å². The normalized spacial score (nSPS) is 9.30. The zero-order chi connectivity index (χ0) is 8.41. The van der Waals surface area contributed by atoms with E-state index < -0.39 is 0 Å². The Morgan fingerprint density at radius 1 is 1.50 bits per heavy atom. The lowest BCUT2D eigenvalue weighted by Gasteiger charge is -1.80. The van der Waals surface area contributed by atoms with E-state index in [4.69, 9.17) is 0 Å². The van der Waals surface area contributed by atoms with Gasteiger partial charge in [-0.15, -0.1) is 0 Å². The first kappa shape index (κ1) is 11.9. The first-order chi connectivity index (χ1) is 4.72. The molecule has 0 heterocycles. The average molecular weight is 139 g/mol. The second kappa shape index (κ2) is 11.0. The number of nitrogens with zero attached hydrogens (tertiary/aromatic N) is 1. The molecule has 0 aromatic rings. The Labute approximate surface area is 64.2 Å². The molecule has 0 fully saturated rings. The van der Waals surface area contributed by atoms with Gasteiger partial charge in [0.2, 0.25) is 0 Å². The maximum Gasteiger partial charge on any atom is 0.0365 e. The van der Waals surface area contributed by atoms with E-state index in [1.54, 1.807) is 12.2 Å². The molecule has 0 saturated heterocycles. The topological polar surface area (TPSA) is 12.4 Å². The molecule has 0 aliphatic heterocycles. The van der Waals surface area contributed by atoms with Gasteiger partial charge in [0, 0.05) is 5.70 Å². The molecule has 1 heteroatoms. The van der Waals surface area contributed by atoms with E-state index in [1.165, 1.54) is 6.42 Å². The lowest BCUT2D eigenvalue weighted by atomic mass is 10.4. The molecule has 58 valence electrons. The molecule has 0 unspecified atom stereocenters. The van der Waals surface area contributed by atoms with Crippen LogP contribution in [-0.2, 0) is 0 Å². The summed E-state index contributed by atoms with van der Waals surface area (Å²) >= 11 is 0. The summed E-state index contributed by atoms with van der Waals surface area (Å²) in [6, 6.07) is 0. The van der Waals surface area contributed by atoms with Gasteiger partial charge in [0.1, 0.15) is 0 Å². The number of hydrogen-bond donors (Lipinski definition) is 0. The molecular formula is C9H17N. The van der Waals surface area contributed by atoms with Crippen molar-refractivity contribution in [3.05, 3.63) is 24.4 Å². The van der Waals surface area contributed by atoms with Crippen molar-refractivity contribution < 1.29 is 0 Å². The summed E-state index contributed by atoms with van der Waals surface area (Å²) in [5.41, 5.74) is 0.898. The van der Waals surface area contributed by atoms with E-state index in [2.05, 4.69) is 32.1 Å². The molecule has 0 aromatic carbocycles. The quantitative estimate of drug-likeness (QED) is 0.411. The van der Waals surface area contributed by atoms with Crippen LogP contribution in [0.25, 0.3) is 0 Å². The van der Waals surface area contributed by atoms with Gasteiger partial charge in [-0.1, -0.05) is 32.9 Å². The Morgan fingerprint density at radius 2 is 1.90 bits per heavy atom. The number of allylic oxidation sites excluding steroid dienone is 3. The van der Waals surface area contributed by atoms with Crippen molar-refractivity contribution in [3.8, 4) is 0 Å². The minimum atomic E-state index is 0.898. The molecule has 0 aromatic heterocycles. The minimum Gasteiger partial charge on any atom is -0.269 e. The van der Waals surface area contributed by atoms with Crippen LogP contribution in [0, 0.1) is 0 Å². The summed E-state index contributed by atoms with van der Waals surface area (Å²) in [5.74, 6) is 0. The lowest BCUT2D eigenvalue weighted by molar-refractivity contribution is 1.09. The van der Waals surface area contributed by atoms with E-state index in [0.717, 1.165) is 5.70 Å². The zero-order valence-corrected chi connectivity index (χ0v) is 7.22. The van der Waals surface area contributed by atoms with Gasteiger partial charge in [-0.25, -0.2) is 0 Å². The number of rotatable bonds is 2. The fourth-order valence-corrected chi connectivity index (χ4v) is 0.223. The first-order valence-corrected chi connectivity index (χ1v) is 3.48. The molecule has 0 saturated carbocycles. The molecule has 0 atom stereocenters. The third-order valence-corrected chi connectivity index (χ3v) is 0.608. The summed E-state index contributed by atoms with van der Waals surface area (Å²) in [7, 11) is 0. The highest BCUT2D eigenvalue weighted by Crippen LogP contribution is 1.89. The van der Waals surface area contributed by atoms with Crippen LogP contribution in [0.4, 0.5) is 0 Å². The van der Waals surface area contributed by atoms with Gasteiger partial charge in [-0.05, 0) is 19.7 Å². The molecule has 0 aliphatic rings. The van der Waals surface area contributed by atoms with Gasteiger partial charge in [0.05, 0.1) is 0 Å². The van der Waals surface area contributed by atoms with Gasteiger partial charge in [0.25, 0.3) is 0 Å². The van der Waals surface area contributed by atoms with Crippen LogP contribution in [0.1, 0.15) is 27.2 Å². The molecule has 0 N–H and O–H groups in total. The van der Waals surface area contributed by atoms with Crippen LogP contribution in [-0.4, -0.2) is 6.72 Å². The van der Waals surface area contributed by atoms with Crippen molar-refractivity contribution in [3.63, 3.8) is 0 Å². The fraction of sp³-hybridized carbons (Fsp3) is 0.444. The Morgan fingerprint density at radius 3 is 2.00 bits per heavy atom. The fourth-order valence-electron chi connectivity index (χ4n) is 0.223. The second-order valence-electron chi connectivity index (χ2n) is 1.91. The van der Waals surface area contributed by atoms with Crippen LogP contribution >= 0.6 is 0 Å². The predicted molar refractivity (Wildman–Crippen MR) is 49.5 cm³/mol. The molecule has 0 radical (unpaired) electrons. The number of hydrogen-bond acceptors (Lipinski definition) is 1. The van der Waals surface area contributed by atoms with Gasteiger partial charge in [-0.2, -0.15) is 0 Å². The van der Waals surface area contributed by atoms with E-state index in [0.29, 0.717) is 0 Å². The summed E-state index contributed by atoms with van der Waals surface area (Å²) in [4.78, 5) is 3.62. The molecule has 0 rings (SSSR count). The molecule has 0 aliphatic carbocycles. The number of aliphatic imine (C=N–C) groups is 1. The van der Waals surface area contributed by atoms with E-state index in [1.807, 2.05) is 6.92 Å². The third-order valence-electron chi connectivity index (χ3n) is 0.608. The smallest absolute Gasteiger partial charge is 0.0365 e. The largest absolute Gasteiger partial charge is 0.269 e. The Hall–Kier alpha value is -0.850. The highest BCUT2D eigenvalue weighted by Gasteiger charge is 1.69. The lowest BCUT2D eigenvalue weighted by Crippen LogP contribution is -1.60. The summed E-state index contributed by atoms with van der Waals surface area (Å²) in [6.07, 6.45) is 4.73. The van der Waals surface area contributed by atoms with Gasteiger partial charge in [-0.3, -0.25) is 4.99 Å². The van der Waals surface area contributed by atoms with Crippen molar-refractivity contribution in [2.24, 2.45) is 4.99 Å². The van der Waals surface area contributed by atoms with Gasteiger partial charge >= 0.3 is 0 Å². The third kappa shape index (κ3) is 15.7. The summed E-state index contributed by atoms with van der Waals surface area (Å²) in [5, 5.41) is 0. The van der Waals surface area contributed by atoms with Crippen LogP contribution < -0.4 is 0 Å². The molecule has 0 spiro atoms. The summed E-state index contributed by atoms with van der Waals surface area (Å²) in [6.45, 7) is 12.9. The zero-order valence-electron chi connectivity index (χ0n) is 7.22. The van der Waals surface area contributed by atoms with Crippen molar-refractivity contribution in [2.45, 2.75) is 27.2 Å². The molecule has 0 bridgehead atoms. The SMILES string of the molecule is C=C/C=C(/C)N=C.CCC. The van der Waals surface area contributed by atoms with Crippen LogP contribution in [0.2, 0.25) is 0 Å². The van der Waals surface area contributed by atoms with Crippen molar-refractivity contribution in [1.29, 1.82) is 0 Å². The highest BCUT2D eigenvalue weighted by molar-refractivity contribution is 5.29. The summed E-state index contributed by atoms with van der Waals surface area (Å²) < 4.78 is 0. The monoisotopic (exact) mass is 139 g/mol. The van der Waals surface area contributed by atoms with Crippen molar-refractivity contribution in [1.82, 2.24) is 0 Å². The molecule has 10 heavy (non-hydrogen) atoms. The maximum atomic E-state index is 3.62. The minimum absolute atomic E-state index is 0.898. The van der Waals surface area contributed by atoms with E-state index in [9.17, 15) is 0 Å². The Kier molecular flexibility index (Phi) is 13.1. The molecular weight excluding hydrogens is 122 g/mol. The molecule has 0 amide bonds. The first-order valence-electron chi connectivity index (χ1n) is 3.48.